The smallest absolute Gasteiger partial charge is 0.335 e. The van der Waals surface area contributed by atoms with E-state index < -0.39 is 5.97 Å². The van der Waals surface area contributed by atoms with Gasteiger partial charge in [-0.1, -0.05) is 48.5 Å². The number of carboxylic acid groups (broad SMARTS) is 1. The Morgan fingerprint density at radius 1 is 1.11 bits per heavy atom. The van der Waals surface area contributed by atoms with Crippen molar-refractivity contribution in [2.24, 2.45) is 0 Å². The van der Waals surface area contributed by atoms with E-state index in [2.05, 4.69) is 11.7 Å². The molecule has 0 bridgehead atoms. The topological polar surface area (TPSA) is 93.6 Å². The average Bonchev–Trinajstić information content (AvgIpc) is 3.13. The van der Waals surface area contributed by atoms with Crippen LogP contribution in [0.5, 0.6) is 11.5 Å². The zero-order chi connectivity index (χ0) is 24.9. The molecule has 1 aromatic heterocycles. The van der Waals surface area contributed by atoms with Crippen molar-refractivity contribution in [1.82, 2.24) is 9.78 Å². The molecule has 1 heterocycles. The number of H-pyrrole nitrogens is 1. The van der Waals surface area contributed by atoms with Crippen molar-refractivity contribution in [3.63, 3.8) is 0 Å². The minimum absolute atomic E-state index is 0.104. The minimum atomic E-state index is -1.01. The van der Waals surface area contributed by atoms with Gasteiger partial charge in [0, 0.05) is 0 Å². The van der Waals surface area contributed by atoms with Gasteiger partial charge in [-0.15, -0.1) is 0 Å². The number of carbonyl (C=O) groups is 1. The first-order valence-electron chi connectivity index (χ1n) is 10.9. The molecule has 0 unspecified atom stereocenters. The fourth-order valence-electron chi connectivity index (χ4n) is 3.59. The molecule has 0 radical (unpaired) electrons. The zero-order valence-electron chi connectivity index (χ0n) is 19.0. The van der Waals surface area contributed by atoms with E-state index in [1.807, 2.05) is 37.3 Å². The van der Waals surface area contributed by atoms with Crippen LogP contribution in [0.3, 0.4) is 0 Å². The summed E-state index contributed by atoms with van der Waals surface area (Å²) in [7, 11) is 0. The van der Waals surface area contributed by atoms with Gasteiger partial charge in [0.1, 0.15) is 6.61 Å². The summed E-state index contributed by atoms with van der Waals surface area (Å²) in [4.78, 5) is 24.2. The molecule has 2 N–H and O–H groups in total. The summed E-state index contributed by atoms with van der Waals surface area (Å²) in [5.74, 6) is -0.275. The molecule has 35 heavy (non-hydrogen) atoms. The highest BCUT2D eigenvalue weighted by Crippen LogP contribution is 2.37. The van der Waals surface area contributed by atoms with Gasteiger partial charge in [0.25, 0.3) is 5.56 Å². The second-order valence-corrected chi connectivity index (χ2v) is 8.09. The Morgan fingerprint density at radius 3 is 2.60 bits per heavy atom. The first kappa shape index (κ1) is 23.9. The number of ether oxygens (including phenoxy) is 2. The monoisotopic (exact) mass is 490 g/mol. The maximum absolute atomic E-state index is 13.0. The second kappa shape index (κ2) is 10.4. The lowest BCUT2D eigenvalue weighted by Crippen LogP contribution is -2.33. The summed E-state index contributed by atoms with van der Waals surface area (Å²) in [5, 5.41) is 13.3. The summed E-state index contributed by atoms with van der Waals surface area (Å²) in [6.07, 6.45) is 1.69. The number of carboxylic acids is 1. The van der Waals surface area contributed by atoms with Crippen molar-refractivity contribution >= 4 is 30.2 Å². The van der Waals surface area contributed by atoms with Crippen molar-refractivity contribution in [3.8, 4) is 17.2 Å². The lowest BCUT2D eigenvalue weighted by molar-refractivity contribution is 0.0696. The van der Waals surface area contributed by atoms with Gasteiger partial charge >= 0.3 is 5.97 Å². The Bertz CT molecular complexity index is 1540. The summed E-state index contributed by atoms with van der Waals surface area (Å²) >= 11 is 6.54. The van der Waals surface area contributed by atoms with Gasteiger partial charge in [0.15, 0.2) is 11.5 Å². The molecular formula is C27H23ClN2O5. The third-order valence-electron chi connectivity index (χ3n) is 5.22. The van der Waals surface area contributed by atoms with E-state index >= 15 is 0 Å². The molecular weight excluding hydrogens is 468 g/mol. The van der Waals surface area contributed by atoms with Crippen molar-refractivity contribution in [2.45, 2.75) is 13.5 Å². The van der Waals surface area contributed by atoms with Crippen LogP contribution >= 0.6 is 11.6 Å². The standard InChI is InChI=1S/C27H23ClN2O5/c1-3-34-24-15-19(13-22-17(2)29-30(26(22)31)21-10-5-4-6-11-21)14-23(28)25(24)35-16-18-8-7-9-20(12-18)27(32)33/h4-15,29H,2-3,16H2,1H3,(H,32,33)/b22-13+. The van der Waals surface area contributed by atoms with Crippen LogP contribution in [0.25, 0.3) is 18.3 Å². The fourth-order valence-corrected chi connectivity index (χ4v) is 3.87. The van der Waals surface area contributed by atoms with Crippen LogP contribution in [0.4, 0.5) is 0 Å². The van der Waals surface area contributed by atoms with Crippen LogP contribution < -0.4 is 25.6 Å². The first-order valence-corrected chi connectivity index (χ1v) is 11.2. The fraction of sp³-hybridized carbons (Fsp3) is 0.111. The van der Waals surface area contributed by atoms with Gasteiger partial charge < -0.3 is 14.6 Å². The normalized spacial score (nSPS) is 11.4. The highest BCUT2D eigenvalue weighted by atomic mass is 35.5. The molecule has 8 heteroatoms. The van der Waals surface area contributed by atoms with Gasteiger partial charge in [-0.05, 0) is 60.5 Å². The largest absolute Gasteiger partial charge is 0.490 e. The number of rotatable bonds is 8. The van der Waals surface area contributed by atoms with Crippen molar-refractivity contribution < 1.29 is 19.4 Å². The van der Waals surface area contributed by atoms with E-state index in [1.165, 1.54) is 16.8 Å². The molecule has 0 aliphatic carbocycles. The van der Waals surface area contributed by atoms with Crippen LogP contribution in [0.2, 0.25) is 5.02 Å². The van der Waals surface area contributed by atoms with Gasteiger partial charge in [0.2, 0.25) is 0 Å². The van der Waals surface area contributed by atoms with Gasteiger partial charge in [-0.2, -0.15) is 0 Å². The molecule has 7 nitrogen and oxygen atoms in total. The third kappa shape index (κ3) is 5.31. The molecule has 4 aromatic rings. The number of hydrogen-bond acceptors (Lipinski definition) is 4. The molecule has 0 fully saturated rings. The lowest BCUT2D eigenvalue weighted by atomic mass is 10.1. The predicted octanol–water partition coefficient (Wildman–Crippen LogP) is 3.73. The van der Waals surface area contributed by atoms with Crippen LogP contribution in [-0.2, 0) is 6.61 Å². The van der Waals surface area contributed by atoms with Crippen LogP contribution in [-0.4, -0.2) is 27.5 Å². The third-order valence-corrected chi connectivity index (χ3v) is 5.50. The summed E-state index contributed by atoms with van der Waals surface area (Å²) < 4.78 is 13.1. The Balaban J connectivity index is 1.69. The molecule has 0 saturated heterocycles. The van der Waals surface area contributed by atoms with Crippen molar-refractivity contribution in [3.05, 3.63) is 109 Å². The molecule has 0 saturated carbocycles. The summed E-state index contributed by atoms with van der Waals surface area (Å²) in [6.45, 7) is 6.28. The Kier molecular flexibility index (Phi) is 7.08. The molecule has 4 rings (SSSR count). The number of para-hydroxylation sites is 1. The number of benzene rings is 3. The quantitative estimate of drug-likeness (QED) is 0.392. The molecule has 0 aliphatic heterocycles. The molecule has 178 valence electrons. The lowest BCUT2D eigenvalue weighted by Gasteiger charge is -2.14. The van der Waals surface area contributed by atoms with E-state index in [9.17, 15) is 14.7 Å². The van der Waals surface area contributed by atoms with E-state index in [0.717, 1.165) is 0 Å². The number of aromatic carboxylic acids is 1. The zero-order valence-corrected chi connectivity index (χ0v) is 19.7. The predicted molar refractivity (Wildman–Crippen MR) is 135 cm³/mol. The number of halogens is 1. The van der Waals surface area contributed by atoms with Crippen LogP contribution in [0.15, 0.2) is 71.5 Å². The minimum Gasteiger partial charge on any atom is -0.490 e. The number of aromatic amines is 1. The van der Waals surface area contributed by atoms with E-state index in [-0.39, 0.29) is 17.7 Å². The Labute approximate surface area is 206 Å². The number of aromatic nitrogens is 2. The Hall–Kier alpha value is -4.23. The number of nitrogens with zero attached hydrogens (tertiary/aromatic N) is 1. The molecule has 0 aliphatic rings. The Morgan fingerprint density at radius 2 is 1.89 bits per heavy atom. The van der Waals surface area contributed by atoms with E-state index in [0.29, 0.717) is 50.5 Å². The van der Waals surface area contributed by atoms with Crippen LogP contribution in [0, 0.1) is 0 Å². The van der Waals surface area contributed by atoms with E-state index in [4.69, 9.17) is 21.1 Å². The molecule has 0 amide bonds. The van der Waals surface area contributed by atoms with Crippen molar-refractivity contribution in [2.75, 3.05) is 6.61 Å². The van der Waals surface area contributed by atoms with E-state index in [1.54, 1.807) is 30.3 Å². The molecule has 0 atom stereocenters. The van der Waals surface area contributed by atoms with Crippen LogP contribution in [0.1, 0.15) is 28.4 Å². The van der Waals surface area contributed by atoms with Gasteiger partial charge in [-0.3, -0.25) is 9.89 Å². The molecule has 3 aromatic carbocycles. The summed E-state index contributed by atoms with van der Waals surface area (Å²) in [5.41, 5.74) is 1.94. The highest BCUT2D eigenvalue weighted by Gasteiger charge is 2.14. The van der Waals surface area contributed by atoms with Gasteiger partial charge in [-0.25, -0.2) is 9.48 Å². The highest BCUT2D eigenvalue weighted by molar-refractivity contribution is 6.32. The summed E-state index contributed by atoms with van der Waals surface area (Å²) in [6, 6.07) is 19.1. The maximum Gasteiger partial charge on any atom is 0.335 e. The number of nitrogens with one attached hydrogen (secondary N) is 1. The molecule has 0 spiro atoms. The second-order valence-electron chi connectivity index (χ2n) is 7.68. The SMILES string of the molecule is C=c1[nH]n(-c2ccccc2)c(=O)/c1=C/c1cc(Cl)c(OCc2cccc(C(=O)O)c2)c(OCC)c1. The first-order chi connectivity index (χ1) is 16.9. The van der Waals surface area contributed by atoms with Gasteiger partial charge in [0.05, 0.1) is 33.4 Å². The van der Waals surface area contributed by atoms with Crippen molar-refractivity contribution in [1.29, 1.82) is 0 Å². The number of hydrogen-bond donors (Lipinski definition) is 2. The average molecular weight is 491 g/mol. The maximum atomic E-state index is 13.0.